The first kappa shape index (κ1) is 11.0. The Morgan fingerprint density at radius 2 is 2.12 bits per heavy atom. The van der Waals surface area contributed by atoms with Gasteiger partial charge in [0.05, 0.1) is 6.20 Å². The molecule has 0 atom stereocenters. The lowest BCUT2D eigenvalue weighted by atomic mass is 10.2. The van der Waals surface area contributed by atoms with Crippen LogP contribution in [0, 0.1) is 18.3 Å². The summed E-state index contributed by atoms with van der Waals surface area (Å²) in [5.41, 5.74) is 1.53. The maximum Gasteiger partial charge on any atom is 0.147 e. The third-order valence-electron chi connectivity index (χ3n) is 2.24. The van der Waals surface area contributed by atoms with E-state index < -0.39 is 0 Å². The van der Waals surface area contributed by atoms with Crippen LogP contribution in [0.5, 0.6) is 0 Å². The topological polar surface area (TPSA) is 74.5 Å². The first-order valence-corrected chi connectivity index (χ1v) is 5.16. The number of nitriles is 1. The van der Waals surface area contributed by atoms with E-state index in [9.17, 15) is 0 Å². The number of pyridine rings is 1. The quantitative estimate of drug-likeness (QED) is 0.859. The summed E-state index contributed by atoms with van der Waals surface area (Å²) in [5, 5.41) is 12.0. The predicted molar refractivity (Wildman–Crippen MR) is 63.0 cm³/mol. The summed E-state index contributed by atoms with van der Waals surface area (Å²) in [6.45, 7) is 2.40. The smallest absolute Gasteiger partial charge is 0.147 e. The van der Waals surface area contributed by atoms with Gasteiger partial charge in [-0.2, -0.15) is 5.26 Å². The van der Waals surface area contributed by atoms with E-state index in [0.717, 1.165) is 5.56 Å². The van der Waals surface area contributed by atoms with Gasteiger partial charge in [-0.05, 0) is 24.6 Å². The molecule has 0 aliphatic carbocycles. The normalized spacial score (nSPS) is 9.65. The molecule has 2 rings (SSSR count). The fourth-order valence-electron chi connectivity index (χ4n) is 1.37. The lowest BCUT2D eigenvalue weighted by molar-refractivity contribution is 1.01. The highest BCUT2D eigenvalue weighted by Gasteiger charge is 2.04. The molecule has 0 spiro atoms. The monoisotopic (exact) mass is 225 g/mol. The van der Waals surface area contributed by atoms with E-state index in [4.69, 9.17) is 5.26 Å². The van der Waals surface area contributed by atoms with Crippen molar-refractivity contribution in [2.45, 2.75) is 13.5 Å². The van der Waals surface area contributed by atoms with Gasteiger partial charge in [-0.15, -0.1) is 0 Å². The van der Waals surface area contributed by atoms with Crippen molar-refractivity contribution in [2.75, 3.05) is 5.32 Å². The molecule has 2 aromatic rings. The highest BCUT2D eigenvalue weighted by molar-refractivity contribution is 5.50. The number of aromatic nitrogens is 3. The molecule has 0 aliphatic rings. The largest absolute Gasteiger partial charge is 0.365 e. The number of anilines is 1. The summed E-state index contributed by atoms with van der Waals surface area (Å²) in [7, 11) is 0. The Kier molecular flexibility index (Phi) is 3.26. The second-order valence-corrected chi connectivity index (χ2v) is 3.50. The molecule has 17 heavy (non-hydrogen) atoms. The summed E-state index contributed by atoms with van der Waals surface area (Å²) in [6.07, 6.45) is 4.98. The molecular formula is C12H11N5. The molecule has 0 bridgehead atoms. The number of nitrogens with zero attached hydrogens (tertiary/aromatic N) is 4. The summed E-state index contributed by atoms with van der Waals surface area (Å²) in [6, 6.07) is 5.88. The van der Waals surface area contributed by atoms with Crippen LogP contribution in [0.25, 0.3) is 0 Å². The summed E-state index contributed by atoms with van der Waals surface area (Å²) in [4.78, 5) is 12.1. The maximum absolute atomic E-state index is 8.93. The van der Waals surface area contributed by atoms with Crippen LogP contribution in [0.15, 0.2) is 30.7 Å². The lowest BCUT2D eigenvalue weighted by Gasteiger charge is -2.07. The third-order valence-corrected chi connectivity index (χ3v) is 2.24. The van der Waals surface area contributed by atoms with E-state index in [1.165, 1.54) is 6.20 Å². The van der Waals surface area contributed by atoms with Crippen molar-refractivity contribution in [1.82, 2.24) is 15.0 Å². The molecule has 0 amide bonds. The Balaban J connectivity index is 2.14. The molecule has 0 unspecified atom stereocenters. The van der Waals surface area contributed by atoms with Gasteiger partial charge < -0.3 is 5.32 Å². The number of aryl methyl sites for hydroxylation is 1. The van der Waals surface area contributed by atoms with E-state index >= 15 is 0 Å². The van der Waals surface area contributed by atoms with Gasteiger partial charge in [0.1, 0.15) is 23.3 Å². The van der Waals surface area contributed by atoms with Crippen LogP contribution in [-0.2, 0) is 6.54 Å². The zero-order chi connectivity index (χ0) is 12.1. The highest BCUT2D eigenvalue weighted by Crippen LogP contribution is 2.11. The Morgan fingerprint density at radius 3 is 2.82 bits per heavy atom. The van der Waals surface area contributed by atoms with Crippen LogP contribution in [-0.4, -0.2) is 15.0 Å². The van der Waals surface area contributed by atoms with Crippen LogP contribution >= 0.6 is 0 Å². The van der Waals surface area contributed by atoms with Crippen molar-refractivity contribution in [3.63, 3.8) is 0 Å². The van der Waals surface area contributed by atoms with Crippen molar-refractivity contribution >= 4 is 5.82 Å². The number of hydrogen-bond donors (Lipinski definition) is 1. The van der Waals surface area contributed by atoms with Crippen LogP contribution in [0.2, 0.25) is 0 Å². The molecule has 0 aromatic carbocycles. The van der Waals surface area contributed by atoms with Crippen molar-refractivity contribution in [2.24, 2.45) is 0 Å². The second kappa shape index (κ2) is 5.03. The van der Waals surface area contributed by atoms with Crippen molar-refractivity contribution < 1.29 is 0 Å². The summed E-state index contributed by atoms with van der Waals surface area (Å²) >= 11 is 0. The molecule has 0 aliphatic heterocycles. The molecular weight excluding hydrogens is 214 g/mol. The predicted octanol–water partition coefficient (Wildman–Crippen LogP) is 1.66. The molecule has 84 valence electrons. The first-order chi connectivity index (χ1) is 8.29. The first-order valence-electron chi connectivity index (χ1n) is 5.16. The molecule has 1 N–H and O–H groups in total. The van der Waals surface area contributed by atoms with Crippen molar-refractivity contribution in [3.8, 4) is 6.07 Å². The van der Waals surface area contributed by atoms with Gasteiger partial charge in [0.2, 0.25) is 0 Å². The molecule has 0 fully saturated rings. The van der Waals surface area contributed by atoms with E-state index in [1.54, 1.807) is 19.3 Å². The average molecular weight is 225 g/mol. The minimum Gasteiger partial charge on any atom is -0.365 e. The van der Waals surface area contributed by atoms with Gasteiger partial charge in [0.15, 0.2) is 0 Å². The van der Waals surface area contributed by atoms with Crippen molar-refractivity contribution in [3.05, 3.63) is 47.7 Å². The number of rotatable bonds is 3. The van der Waals surface area contributed by atoms with Gasteiger partial charge in [-0.25, -0.2) is 9.97 Å². The molecule has 0 saturated heterocycles. The van der Waals surface area contributed by atoms with Gasteiger partial charge in [0.25, 0.3) is 0 Å². The Morgan fingerprint density at radius 1 is 1.35 bits per heavy atom. The zero-order valence-electron chi connectivity index (χ0n) is 9.38. The van der Waals surface area contributed by atoms with Crippen LogP contribution < -0.4 is 5.32 Å². The van der Waals surface area contributed by atoms with Crippen LogP contribution in [0.3, 0.4) is 0 Å². The minimum atomic E-state index is 0.449. The Labute approximate surface area is 99.2 Å². The van der Waals surface area contributed by atoms with Crippen molar-refractivity contribution in [1.29, 1.82) is 5.26 Å². The molecule has 5 heteroatoms. The van der Waals surface area contributed by atoms with Gasteiger partial charge >= 0.3 is 0 Å². The van der Waals surface area contributed by atoms with E-state index in [0.29, 0.717) is 23.8 Å². The lowest BCUT2D eigenvalue weighted by Crippen LogP contribution is -2.05. The molecule has 0 radical (unpaired) electrons. The number of nitrogens with one attached hydrogen (secondary N) is 1. The summed E-state index contributed by atoms with van der Waals surface area (Å²) < 4.78 is 0. The average Bonchev–Trinajstić information content (AvgIpc) is 2.38. The Bertz CT molecular complexity index is 545. The minimum absolute atomic E-state index is 0.449. The van der Waals surface area contributed by atoms with E-state index in [2.05, 4.69) is 26.3 Å². The van der Waals surface area contributed by atoms with Crippen LogP contribution in [0.4, 0.5) is 5.82 Å². The van der Waals surface area contributed by atoms with E-state index in [1.807, 2.05) is 12.1 Å². The molecule has 2 heterocycles. The third kappa shape index (κ3) is 2.75. The molecule has 2 aromatic heterocycles. The van der Waals surface area contributed by atoms with Gasteiger partial charge in [-0.3, -0.25) is 4.98 Å². The molecule has 0 saturated carbocycles. The second-order valence-electron chi connectivity index (χ2n) is 3.50. The standard InChI is InChI=1S/C12H11N5/c1-9-15-8-11(6-13)12(17-9)16-7-10-2-4-14-5-3-10/h2-5,8H,7H2,1H3,(H,15,16,17). The van der Waals surface area contributed by atoms with Gasteiger partial charge in [0, 0.05) is 18.9 Å². The summed E-state index contributed by atoms with van der Waals surface area (Å²) in [5.74, 6) is 1.21. The maximum atomic E-state index is 8.93. The Hall–Kier alpha value is -2.48. The highest BCUT2D eigenvalue weighted by atomic mass is 15.0. The molecule has 5 nitrogen and oxygen atoms in total. The van der Waals surface area contributed by atoms with E-state index in [-0.39, 0.29) is 0 Å². The van der Waals surface area contributed by atoms with Gasteiger partial charge in [-0.1, -0.05) is 0 Å². The number of hydrogen-bond acceptors (Lipinski definition) is 5. The SMILES string of the molecule is Cc1ncc(C#N)c(NCc2ccncc2)n1. The van der Waals surface area contributed by atoms with Crippen LogP contribution in [0.1, 0.15) is 17.0 Å². The fraction of sp³-hybridized carbons (Fsp3) is 0.167. The fourth-order valence-corrected chi connectivity index (χ4v) is 1.37. The zero-order valence-corrected chi connectivity index (χ0v) is 9.38.